The van der Waals surface area contributed by atoms with Gasteiger partial charge in [-0.3, -0.25) is 0 Å². The zero-order valence-corrected chi connectivity index (χ0v) is 9.49. The SMILES string of the molecule is CC(CN)CCCCOc1ccccc1. The molecule has 2 nitrogen and oxygen atoms in total. The Morgan fingerprint density at radius 2 is 1.93 bits per heavy atom. The second-order valence-electron chi connectivity index (χ2n) is 4.00. The predicted octanol–water partition coefficient (Wildman–Crippen LogP) is 2.83. The van der Waals surface area contributed by atoms with Gasteiger partial charge in [-0.25, -0.2) is 0 Å². The first-order chi connectivity index (χ1) is 7.33. The van der Waals surface area contributed by atoms with Crippen molar-refractivity contribution >= 4 is 0 Å². The van der Waals surface area contributed by atoms with Crippen LogP contribution in [0.2, 0.25) is 0 Å². The average molecular weight is 207 g/mol. The highest BCUT2D eigenvalue weighted by Gasteiger charge is 1.98. The van der Waals surface area contributed by atoms with Gasteiger partial charge < -0.3 is 10.5 Å². The molecule has 0 aliphatic rings. The Hall–Kier alpha value is -1.02. The smallest absolute Gasteiger partial charge is 0.119 e. The lowest BCUT2D eigenvalue weighted by molar-refractivity contribution is 0.300. The Bertz CT molecular complexity index is 248. The standard InChI is InChI=1S/C13H21NO/c1-12(11-14)7-5-6-10-15-13-8-3-2-4-9-13/h2-4,8-9,12H,5-7,10-11,14H2,1H3. The van der Waals surface area contributed by atoms with Crippen molar-refractivity contribution < 1.29 is 4.74 Å². The molecule has 2 heteroatoms. The van der Waals surface area contributed by atoms with Crippen molar-refractivity contribution in [1.29, 1.82) is 0 Å². The number of hydrogen-bond donors (Lipinski definition) is 1. The molecule has 2 N–H and O–H groups in total. The fourth-order valence-corrected chi connectivity index (χ4v) is 1.42. The number of para-hydroxylation sites is 1. The van der Waals surface area contributed by atoms with Crippen molar-refractivity contribution in [2.45, 2.75) is 26.2 Å². The Morgan fingerprint density at radius 3 is 2.60 bits per heavy atom. The van der Waals surface area contributed by atoms with E-state index in [0.717, 1.165) is 25.3 Å². The molecule has 1 unspecified atom stereocenters. The molecule has 0 spiro atoms. The summed E-state index contributed by atoms with van der Waals surface area (Å²) in [6, 6.07) is 9.96. The molecule has 0 saturated carbocycles. The van der Waals surface area contributed by atoms with Crippen LogP contribution in [0.25, 0.3) is 0 Å². The normalized spacial score (nSPS) is 12.4. The van der Waals surface area contributed by atoms with Gasteiger partial charge in [0.1, 0.15) is 5.75 Å². The number of unbranched alkanes of at least 4 members (excludes halogenated alkanes) is 1. The van der Waals surface area contributed by atoms with Gasteiger partial charge in [0.05, 0.1) is 6.61 Å². The number of hydrogen-bond acceptors (Lipinski definition) is 2. The van der Waals surface area contributed by atoms with Gasteiger partial charge in [-0.15, -0.1) is 0 Å². The van der Waals surface area contributed by atoms with Crippen LogP contribution in [0.15, 0.2) is 30.3 Å². The summed E-state index contributed by atoms with van der Waals surface area (Å²) < 4.78 is 5.59. The Morgan fingerprint density at radius 1 is 1.20 bits per heavy atom. The molecule has 0 heterocycles. The molecular weight excluding hydrogens is 186 g/mol. The molecule has 1 atom stereocenters. The molecule has 0 fully saturated rings. The highest BCUT2D eigenvalue weighted by Crippen LogP contribution is 2.10. The monoisotopic (exact) mass is 207 g/mol. The van der Waals surface area contributed by atoms with E-state index in [4.69, 9.17) is 10.5 Å². The second kappa shape index (κ2) is 7.30. The zero-order valence-electron chi connectivity index (χ0n) is 9.49. The van der Waals surface area contributed by atoms with E-state index < -0.39 is 0 Å². The summed E-state index contributed by atoms with van der Waals surface area (Å²) >= 11 is 0. The van der Waals surface area contributed by atoms with Gasteiger partial charge in [0.15, 0.2) is 0 Å². The summed E-state index contributed by atoms with van der Waals surface area (Å²) in [7, 11) is 0. The fourth-order valence-electron chi connectivity index (χ4n) is 1.42. The lowest BCUT2D eigenvalue weighted by Gasteiger charge is -2.08. The summed E-state index contributed by atoms with van der Waals surface area (Å²) in [6.07, 6.45) is 3.51. The third-order valence-electron chi connectivity index (χ3n) is 2.51. The molecule has 0 aliphatic carbocycles. The van der Waals surface area contributed by atoms with Crippen molar-refractivity contribution in [3.8, 4) is 5.75 Å². The van der Waals surface area contributed by atoms with E-state index in [1.54, 1.807) is 0 Å². The third-order valence-corrected chi connectivity index (χ3v) is 2.51. The van der Waals surface area contributed by atoms with Gasteiger partial charge in [0.25, 0.3) is 0 Å². The van der Waals surface area contributed by atoms with Crippen LogP contribution in [0.1, 0.15) is 26.2 Å². The summed E-state index contributed by atoms with van der Waals surface area (Å²) in [6.45, 7) is 3.79. The number of ether oxygens (including phenoxy) is 1. The van der Waals surface area contributed by atoms with E-state index in [9.17, 15) is 0 Å². The molecule has 1 aromatic rings. The minimum absolute atomic E-state index is 0.640. The van der Waals surface area contributed by atoms with Crippen LogP contribution in [0.5, 0.6) is 5.75 Å². The molecule has 0 bridgehead atoms. The van der Waals surface area contributed by atoms with E-state index in [1.165, 1.54) is 12.8 Å². The molecule has 0 aromatic heterocycles. The van der Waals surface area contributed by atoms with E-state index >= 15 is 0 Å². The molecule has 15 heavy (non-hydrogen) atoms. The molecular formula is C13H21NO. The maximum absolute atomic E-state index is 5.59. The number of rotatable bonds is 7. The van der Waals surface area contributed by atoms with Crippen LogP contribution >= 0.6 is 0 Å². The Kier molecular flexibility index (Phi) is 5.86. The maximum Gasteiger partial charge on any atom is 0.119 e. The van der Waals surface area contributed by atoms with Gasteiger partial charge in [0, 0.05) is 0 Å². The first-order valence-corrected chi connectivity index (χ1v) is 5.71. The predicted molar refractivity (Wildman–Crippen MR) is 64.0 cm³/mol. The van der Waals surface area contributed by atoms with Crippen molar-refractivity contribution in [3.63, 3.8) is 0 Å². The van der Waals surface area contributed by atoms with Crippen molar-refractivity contribution in [1.82, 2.24) is 0 Å². The lowest BCUT2D eigenvalue weighted by atomic mass is 10.1. The highest BCUT2D eigenvalue weighted by molar-refractivity contribution is 5.20. The van der Waals surface area contributed by atoms with E-state index in [2.05, 4.69) is 6.92 Å². The van der Waals surface area contributed by atoms with Crippen LogP contribution in [0.3, 0.4) is 0 Å². The van der Waals surface area contributed by atoms with Crippen LogP contribution in [-0.4, -0.2) is 13.2 Å². The summed E-state index contributed by atoms with van der Waals surface area (Å²) in [4.78, 5) is 0. The van der Waals surface area contributed by atoms with Crippen molar-refractivity contribution in [2.24, 2.45) is 11.7 Å². The lowest BCUT2D eigenvalue weighted by Crippen LogP contribution is -2.10. The van der Waals surface area contributed by atoms with E-state index in [-0.39, 0.29) is 0 Å². The molecule has 0 amide bonds. The van der Waals surface area contributed by atoms with Gasteiger partial charge in [0.2, 0.25) is 0 Å². The molecule has 0 aliphatic heterocycles. The van der Waals surface area contributed by atoms with Crippen LogP contribution in [0.4, 0.5) is 0 Å². The number of benzene rings is 1. The average Bonchev–Trinajstić information content (AvgIpc) is 2.29. The van der Waals surface area contributed by atoms with Gasteiger partial charge in [-0.05, 0) is 43.9 Å². The van der Waals surface area contributed by atoms with Gasteiger partial charge in [-0.1, -0.05) is 25.1 Å². The molecule has 1 aromatic carbocycles. The number of nitrogens with two attached hydrogens (primary N) is 1. The molecule has 84 valence electrons. The summed E-state index contributed by atoms with van der Waals surface area (Å²) in [5.41, 5.74) is 5.55. The first-order valence-electron chi connectivity index (χ1n) is 5.71. The summed E-state index contributed by atoms with van der Waals surface area (Å²) in [5.74, 6) is 1.60. The summed E-state index contributed by atoms with van der Waals surface area (Å²) in [5, 5.41) is 0. The van der Waals surface area contributed by atoms with Crippen molar-refractivity contribution in [2.75, 3.05) is 13.2 Å². The van der Waals surface area contributed by atoms with Crippen LogP contribution in [0, 0.1) is 5.92 Å². The first kappa shape index (κ1) is 12.1. The molecule has 1 rings (SSSR count). The highest BCUT2D eigenvalue weighted by atomic mass is 16.5. The minimum atomic E-state index is 0.640. The fraction of sp³-hybridized carbons (Fsp3) is 0.538. The van der Waals surface area contributed by atoms with Crippen molar-refractivity contribution in [3.05, 3.63) is 30.3 Å². The Balaban J connectivity index is 2.03. The third kappa shape index (κ3) is 5.43. The maximum atomic E-state index is 5.59. The van der Waals surface area contributed by atoms with Gasteiger partial charge in [-0.2, -0.15) is 0 Å². The second-order valence-corrected chi connectivity index (χ2v) is 4.00. The van der Waals surface area contributed by atoms with Gasteiger partial charge >= 0.3 is 0 Å². The quantitative estimate of drug-likeness (QED) is 0.698. The minimum Gasteiger partial charge on any atom is -0.494 e. The molecule has 0 saturated heterocycles. The van der Waals surface area contributed by atoms with Crippen LogP contribution in [-0.2, 0) is 0 Å². The topological polar surface area (TPSA) is 35.2 Å². The molecule has 0 radical (unpaired) electrons. The van der Waals surface area contributed by atoms with Crippen LogP contribution < -0.4 is 10.5 Å². The van der Waals surface area contributed by atoms with E-state index in [0.29, 0.717) is 5.92 Å². The zero-order chi connectivity index (χ0) is 10.9. The Labute approximate surface area is 92.4 Å². The largest absolute Gasteiger partial charge is 0.494 e. The van der Waals surface area contributed by atoms with E-state index in [1.807, 2.05) is 30.3 Å².